The summed E-state index contributed by atoms with van der Waals surface area (Å²) >= 11 is 1.52. The van der Waals surface area contributed by atoms with Gasteiger partial charge >= 0.3 is 0 Å². The highest BCUT2D eigenvalue weighted by Gasteiger charge is 2.28. The van der Waals surface area contributed by atoms with Gasteiger partial charge in [0.15, 0.2) is 0 Å². The summed E-state index contributed by atoms with van der Waals surface area (Å²) < 4.78 is 27.4. The highest BCUT2D eigenvalue weighted by atomic mass is 32.2. The normalized spacial score (nSPS) is 11.7. The molecule has 0 unspecified atom stereocenters. The summed E-state index contributed by atoms with van der Waals surface area (Å²) in [5, 5.41) is 2.80. The van der Waals surface area contributed by atoms with Crippen LogP contribution in [0.25, 0.3) is 0 Å². The Labute approximate surface area is 166 Å². The van der Waals surface area contributed by atoms with Gasteiger partial charge in [0.05, 0.1) is 17.1 Å². The van der Waals surface area contributed by atoms with E-state index in [1.807, 2.05) is 44.4 Å². The average Bonchev–Trinajstić information content (AvgIpc) is 2.60. The van der Waals surface area contributed by atoms with E-state index in [0.29, 0.717) is 10.6 Å². The smallest absolute Gasteiger partial charge is 0.243 e. The number of para-hydroxylation sites is 1. The molecule has 0 heterocycles. The van der Waals surface area contributed by atoms with Crippen molar-refractivity contribution >= 4 is 33.4 Å². The molecule has 0 aliphatic rings. The zero-order chi connectivity index (χ0) is 20.4. The van der Waals surface area contributed by atoms with Crippen LogP contribution in [0.4, 0.5) is 5.69 Å². The van der Waals surface area contributed by atoms with Crippen LogP contribution < -0.4 is 5.32 Å². The molecule has 1 N–H and O–H groups in total. The molecule has 0 aliphatic carbocycles. The maximum Gasteiger partial charge on any atom is 0.243 e. The van der Waals surface area contributed by atoms with Crippen LogP contribution in [-0.4, -0.2) is 38.5 Å². The molecule has 146 valence electrons. The first-order valence-electron chi connectivity index (χ1n) is 8.56. The number of nitrogens with zero attached hydrogens (tertiary/aromatic N) is 1. The van der Waals surface area contributed by atoms with Crippen molar-refractivity contribution < 1.29 is 13.2 Å². The Hall–Kier alpha value is -1.83. The maximum absolute atomic E-state index is 13.1. The van der Waals surface area contributed by atoms with Crippen molar-refractivity contribution in [2.75, 3.05) is 25.2 Å². The number of hydrogen-bond acceptors (Lipinski definition) is 4. The van der Waals surface area contributed by atoms with Crippen LogP contribution in [0.3, 0.4) is 0 Å². The third kappa shape index (κ3) is 4.54. The summed E-state index contributed by atoms with van der Waals surface area (Å²) in [7, 11) is -2.34. The van der Waals surface area contributed by atoms with Gasteiger partial charge in [-0.2, -0.15) is 4.31 Å². The molecule has 0 radical (unpaired) electrons. The van der Waals surface area contributed by atoms with Crippen LogP contribution in [0.1, 0.15) is 22.3 Å². The SMILES string of the molecule is CSc1ccccc1NC(=O)CN(C)S(=O)(=O)c1c(C)c(C)cc(C)c1C. The molecule has 2 aromatic rings. The van der Waals surface area contributed by atoms with E-state index in [0.717, 1.165) is 31.5 Å². The highest BCUT2D eigenvalue weighted by molar-refractivity contribution is 7.98. The van der Waals surface area contributed by atoms with E-state index in [4.69, 9.17) is 0 Å². The van der Waals surface area contributed by atoms with Crippen molar-refractivity contribution in [3.05, 3.63) is 52.6 Å². The molecular weight excluding hydrogens is 380 g/mol. The lowest BCUT2D eigenvalue weighted by Gasteiger charge is -2.22. The van der Waals surface area contributed by atoms with E-state index < -0.39 is 10.0 Å². The minimum Gasteiger partial charge on any atom is -0.324 e. The van der Waals surface area contributed by atoms with Gasteiger partial charge in [-0.1, -0.05) is 18.2 Å². The highest BCUT2D eigenvalue weighted by Crippen LogP contribution is 2.28. The zero-order valence-corrected chi connectivity index (χ0v) is 18.2. The molecule has 27 heavy (non-hydrogen) atoms. The van der Waals surface area contributed by atoms with Crippen LogP contribution in [0.15, 0.2) is 40.1 Å². The van der Waals surface area contributed by atoms with Gasteiger partial charge < -0.3 is 5.32 Å². The largest absolute Gasteiger partial charge is 0.324 e. The predicted molar refractivity (Wildman–Crippen MR) is 112 cm³/mol. The molecule has 7 heteroatoms. The minimum atomic E-state index is -3.78. The standard InChI is InChI=1S/C20H26N2O3S2/c1-13-11-14(2)16(4)20(15(13)3)27(24,25)22(5)12-19(23)21-17-9-7-8-10-18(17)26-6/h7-11H,12H2,1-6H3,(H,21,23). The lowest BCUT2D eigenvalue weighted by molar-refractivity contribution is -0.116. The van der Waals surface area contributed by atoms with Crippen LogP contribution in [-0.2, 0) is 14.8 Å². The van der Waals surface area contributed by atoms with Gasteiger partial charge in [0.25, 0.3) is 0 Å². The van der Waals surface area contributed by atoms with E-state index in [9.17, 15) is 13.2 Å². The molecule has 2 aromatic carbocycles. The van der Waals surface area contributed by atoms with Gasteiger partial charge in [-0.15, -0.1) is 11.8 Å². The van der Waals surface area contributed by atoms with E-state index in [-0.39, 0.29) is 12.5 Å². The molecule has 0 saturated heterocycles. The lowest BCUT2D eigenvalue weighted by atomic mass is 10.0. The summed E-state index contributed by atoms with van der Waals surface area (Å²) in [6.45, 7) is 7.14. The first-order valence-corrected chi connectivity index (χ1v) is 11.2. The maximum atomic E-state index is 13.1. The molecule has 0 saturated carbocycles. The van der Waals surface area contributed by atoms with E-state index in [1.165, 1.54) is 18.8 Å². The van der Waals surface area contributed by atoms with Gasteiger partial charge in [-0.25, -0.2) is 8.42 Å². The Kier molecular flexibility index (Phi) is 6.72. The van der Waals surface area contributed by atoms with E-state index in [2.05, 4.69) is 5.32 Å². The summed E-state index contributed by atoms with van der Waals surface area (Å²) in [5.41, 5.74) is 3.96. The second-order valence-electron chi connectivity index (χ2n) is 6.60. The molecule has 0 bridgehead atoms. The number of anilines is 1. The molecule has 0 aromatic heterocycles. The lowest BCUT2D eigenvalue weighted by Crippen LogP contribution is -2.35. The fourth-order valence-electron chi connectivity index (χ4n) is 2.95. The molecule has 0 spiro atoms. The molecular formula is C20H26N2O3S2. The Bertz CT molecular complexity index is 943. The van der Waals surface area contributed by atoms with Gasteiger partial charge in [-0.3, -0.25) is 4.79 Å². The quantitative estimate of drug-likeness (QED) is 0.739. The second-order valence-corrected chi connectivity index (χ2v) is 9.43. The van der Waals surface area contributed by atoms with E-state index in [1.54, 1.807) is 19.9 Å². The number of aryl methyl sites for hydroxylation is 2. The van der Waals surface area contributed by atoms with Crippen molar-refractivity contribution in [2.45, 2.75) is 37.5 Å². The monoisotopic (exact) mass is 406 g/mol. The number of amides is 1. The van der Waals surface area contributed by atoms with Gasteiger partial charge in [0.2, 0.25) is 15.9 Å². The second kappa shape index (κ2) is 8.46. The van der Waals surface area contributed by atoms with Crippen LogP contribution in [0, 0.1) is 27.7 Å². The van der Waals surface area contributed by atoms with E-state index >= 15 is 0 Å². The van der Waals surface area contributed by atoms with Gasteiger partial charge in [0, 0.05) is 11.9 Å². The third-order valence-electron chi connectivity index (χ3n) is 4.71. The summed E-state index contributed by atoms with van der Waals surface area (Å²) in [5.74, 6) is -0.373. The predicted octanol–water partition coefficient (Wildman–Crippen LogP) is 3.90. The number of rotatable bonds is 6. The average molecular weight is 407 g/mol. The first-order chi connectivity index (χ1) is 12.6. The number of nitrogens with one attached hydrogen (secondary N) is 1. The molecule has 1 amide bonds. The Morgan fingerprint density at radius 1 is 1.07 bits per heavy atom. The molecule has 0 fully saturated rings. The minimum absolute atomic E-state index is 0.253. The fraction of sp³-hybridized carbons (Fsp3) is 0.350. The first kappa shape index (κ1) is 21.5. The molecule has 0 aliphatic heterocycles. The Balaban J connectivity index is 2.27. The van der Waals surface area contributed by atoms with Crippen LogP contribution >= 0.6 is 11.8 Å². The van der Waals surface area contributed by atoms with Gasteiger partial charge in [0.1, 0.15) is 0 Å². The summed E-state index contributed by atoms with van der Waals surface area (Å²) in [6.07, 6.45) is 1.92. The van der Waals surface area contributed by atoms with Crippen LogP contribution in [0.5, 0.6) is 0 Å². The van der Waals surface area contributed by atoms with Crippen molar-refractivity contribution in [3.63, 3.8) is 0 Å². The summed E-state index contributed by atoms with van der Waals surface area (Å²) in [6, 6.07) is 9.41. The molecule has 2 rings (SSSR count). The van der Waals surface area contributed by atoms with Crippen molar-refractivity contribution in [1.82, 2.24) is 4.31 Å². The van der Waals surface area contributed by atoms with Crippen LogP contribution in [0.2, 0.25) is 0 Å². The fourth-order valence-corrected chi connectivity index (χ4v) is 5.20. The van der Waals surface area contributed by atoms with Gasteiger partial charge in [-0.05, 0) is 68.3 Å². The molecule has 0 atom stereocenters. The zero-order valence-electron chi connectivity index (χ0n) is 16.6. The van der Waals surface area contributed by atoms with Crippen molar-refractivity contribution in [1.29, 1.82) is 0 Å². The number of carbonyl (C=O) groups is 1. The third-order valence-corrected chi connectivity index (χ3v) is 7.59. The number of hydrogen-bond donors (Lipinski definition) is 1. The Morgan fingerprint density at radius 3 is 2.19 bits per heavy atom. The summed E-state index contributed by atoms with van der Waals surface area (Å²) in [4.78, 5) is 13.7. The molecule has 5 nitrogen and oxygen atoms in total. The number of benzene rings is 2. The number of likely N-dealkylation sites (N-methyl/N-ethyl adjacent to an activating group) is 1. The van der Waals surface area contributed by atoms with Crippen molar-refractivity contribution in [3.8, 4) is 0 Å². The Morgan fingerprint density at radius 2 is 1.63 bits per heavy atom. The number of carbonyl (C=O) groups excluding carboxylic acids is 1. The van der Waals surface area contributed by atoms with Crippen molar-refractivity contribution in [2.24, 2.45) is 0 Å². The number of sulfonamides is 1. The number of thioether (sulfide) groups is 1. The topological polar surface area (TPSA) is 66.5 Å².